The molecule has 102 valence electrons. The minimum atomic E-state index is -3.41. The van der Waals surface area contributed by atoms with E-state index in [2.05, 4.69) is 26.2 Å². The van der Waals surface area contributed by atoms with Crippen LogP contribution < -0.4 is 10.5 Å². The standard InChI is InChI=1S/C12H14BrN3O2S/c13-11-4-3-9(8-15-6-7-19(14,17)18)12-10(11)2-1-5-16-12/h1-5,15H,6-8H2,(H2,14,17,18). The predicted molar refractivity (Wildman–Crippen MR) is 79.1 cm³/mol. The number of aromatic nitrogens is 1. The number of primary sulfonamides is 1. The van der Waals surface area contributed by atoms with Gasteiger partial charge in [0.2, 0.25) is 10.0 Å². The highest BCUT2D eigenvalue weighted by Gasteiger charge is 2.06. The molecule has 0 aliphatic carbocycles. The van der Waals surface area contributed by atoms with Gasteiger partial charge < -0.3 is 5.32 Å². The Balaban J connectivity index is 2.11. The van der Waals surface area contributed by atoms with Crippen molar-refractivity contribution in [2.45, 2.75) is 6.54 Å². The van der Waals surface area contributed by atoms with Crippen LogP contribution in [-0.2, 0) is 16.6 Å². The van der Waals surface area contributed by atoms with Crippen LogP contribution in [0.25, 0.3) is 10.9 Å². The second kappa shape index (κ2) is 5.96. The average molecular weight is 344 g/mol. The number of benzene rings is 1. The molecule has 3 N–H and O–H groups in total. The van der Waals surface area contributed by atoms with Crippen molar-refractivity contribution in [2.75, 3.05) is 12.3 Å². The van der Waals surface area contributed by atoms with Crippen molar-refractivity contribution in [2.24, 2.45) is 5.14 Å². The van der Waals surface area contributed by atoms with Gasteiger partial charge in [-0.2, -0.15) is 0 Å². The van der Waals surface area contributed by atoms with E-state index >= 15 is 0 Å². The zero-order chi connectivity index (χ0) is 13.9. The Bertz CT molecular complexity index is 688. The maximum absolute atomic E-state index is 10.8. The molecule has 1 aromatic carbocycles. The molecular weight excluding hydrogens is 330 g/mol. The van der Waals surface area contributed by atoms with Gasteiger partial charge in [-0.25, -0.2) is 13.6 Å². The van der Waals surface area contributed by atoms with E-state index in [1.165, 1.54) is 0 Å². The van der Waals surface area contributed by atoms with Gasteiger partial charge >= 0.3 is 0 Å². The van der Waals surface area contributed by atoms with Crippen LogP contribution in [0.15, 0.2) is 34.9 Å². The van der Waals surface area contributed by atoms with E-state index in [0.717, 1.165) is 20.9 Å². The van der Waals surface area contributed by atoms with Crippen molar-refractivity contribution in [3.05, 3.63) is 40.5 Å². The van der Waals surface area contributed by atoms with Gasteiger partial charge in [0.25, 0.3) is 0 Å². The van der Waals surface area contributed by atoms with Crippen LogP contribution in [0.2, 0.25) is 0 Å². The summed E-state index contributed by atoms with van der Waals surface area (Å²) in [6.45, 7) is 0.875. The number of halogens is 1. The second-order valence-electron chi connectivity index (χ2n) is 4.15. The predicted octanol–water partition coefficient (Wildman–Crippen LogP) is 1.38. The van der Waals surface area contributed by atoms with Crippen LogP contribution in [0.1, 0.15) is 5.56 Å². The minimum Gasteiger partial charge on any atom is -0.312 e. The number of hydrogen-bond acceptors (Lipinski definition) is 4. The van der Waals surface area contributed by atoms with Crippen LogP contribution in [0.3, 0.4) is 0 Å². The Hall–Kier alpha value is -1.02. The Morgan fingerprint density at radius 3 is 2.84 bits per heavy atom. The molecule has 2 aromatic rings. The van der Waals surface area contributed by atoms with Gasteiger partial charge in [-0.3, -0.25) is 4.98 Å². The topological polar surface area (TPSA) is 85.1 Å². The van der Waals surface area contributed by atoms with E-state index in [-0.39, 0.29) is 5.75 Å². The van der Waals surface area contributed by atoms with Crippen molar-refractivity contribution >= 4 is 36.9 Å². The van der Waals surface area contributed by atoms with Gasteiger partial charge in [0.1, 0.15) is 0 Å². The van der Waals surface area contributed by atoms with Crippen LogP contribution in [0, 0.1) is 0 Å². The molecule has 5 nitrogen and oxygen atoms in total. The summed E-state index contributed by atoms with van der Waals surface area (Å²) >= 11 is 3.48. The molecule has 0 saturated heterocycles. The summed E-state index contributed by atoms with van der Waals surface area (Å²) < 4.78 is 22.6. The summed E-state index contributed by atoms with van der Waals surface area (Å²) in [4.78, 5) is 4.36. The molecule has 0 aliphatic heterocycles. The Labute approximate surface area is 120 Å². The first-order valence-electron chi connectivity index (χ1n) is 5.71. The van der Waals surface area contributed by atoms with E-state index in [1.807, 2.05) is 24.3 Å². The van der Waals surface area contributed by atoms with Crippen LogP contribution in [0.5, 0.6) is 0 Å². The molecule has 0 fully saturated rings. The van der Waals surface area contributed by atoms with Gasteiger partial charge in [-0.05, 0) is 17.7 Å². The third-order valence-corrected chi connectivity index (χ3v) is 4.14. The quantitative estimate of drug-likeness (QED) is 0.803. The van der Waals surface area contributed by atoms with E-state index in [9.17, 15) is 8.42 Å². The number of nitrogens with zero attached hydrogens (tertiary/aromatic N) is 1. The van der Waals surface area contributed by atoms with Crippen LogP contribution in [-0.4, -0.2) is 25.7 Å². The number of rotatable bonds is 5. The minimum absolute atomic E-state index is 0.0745. The summed E-state index contributed by atoms with van der Waals surface area (Å²) in [5.74, 6) is -0.0745. The van der Waals surface area contributed by atoms with Crippen LogP contribution >= 0.6 is 15.9 Å². The summed E-state index contributed by atoms with van der Waals surface area (Å²) in [6.07, 6.45) is 1.74. The zero-order valence-electron chi connectivity index (χ0n) is 10.1. The molecule has 0 unspecified atom stereocenters. The fourth-order valence-electron chi connectivity index (χ4n) is 1.78. The van der Waals surface area contributed by atoms with Gasteiger partial charge in [0, 0.05) is 29.1 Å². The Morgan fingerprint density at radius 2 is 2.11 bits per heavy atom. The molecule has 0 aliphatic rings. The molecule has 19 heavy (non-hydrogen) atoms. The first-order valence-corrected chi connectivity index (χ1v) is 8.21. The molecular formula is C12H14BrN3O2S. The van der Waals surface area contributed by atoms with Gasteiger partial charge in [0.15, 0.2) is 0 Å². The van der Waals surface area contributed by atoms with Gasteiger partial charge in [0.05, 0.1) is 11.3 Å². The normalized spacial score (nSPS) is 11.9. The molecule has 0 spiro atoms. The summed E-state index contributed by atoms with van der Waals surface area (Å²) in [5, 5.41) is 9.03. The Kier molecular flexibility index (Phi) is 4.51. The fraction of sp³-hybridized carbons (Fsp3) is 0.250. The highest BCUT2D eigenvalue weighted by molar-refractivity contribution is 9.10. The number of nitrogens with two attached hydrogens (primary N) is 1. The zero-order valence-corrected chi connectivity index (χ0v) is 12.5. The van der Waals surface area contributed by atoms with Crippen molar-refractivity contribution in [3.63, 3.8) is 0 Å². The molecule has 1 aromatic heterocycles. The maximum atomic E-state index is 10.8. The smallest absolute Gasteiger partial charge is 0.210 e. The molecule has 7 heteroatoms. The SMILES string of the molecule is NS(=O)(=O)CCNCc1ccc(Br)c2cccnc12. The number of fused-ring (bicyclic) bond motifs is 1. The summed E-state index contributed by atoms with van der Waals surface area (Å²) in [5.41, 5.74) is 1.92. The lowest BCUT2D eigenvalue weighted by Crippen LogP contribution is -2.26. The largest absolute Gasteiger partial charge is 0.312 e. The molecule has 1 heterocycles. The number of nitrogens with one attached hydrogen (secondary N) is 1. The molecule has 0 bridgehead atoms. The van der Waals surface area contributed by atoms with E-state index < -0.39 is 10.0 Å². The maximum Gasteiger partial charge on any atom is 0.210 e. The third-order valence-electron chi connectivity index (χ3n) is 2.68. The summed E-state index contributed by atoms with van der Waals surface area (Å²) in [6, 6.07) is 7.79. The van der Waals surface area contributed by atoms with Crippen molar-refractivity contribution < 1.29 is 8.42 Å². The van der Waals surface area contributed by atoms with Gasteiger partial charge in [-0.1, -0.05) is 28.1 Å². The lowest BCUT2D eigenvalue weighted by atomic mass is 10.1. The van der Waals surface area contributed by atoms with Gasteiger partial charge in [-0.15, -0.1) is 0 Å². The molecule has 0 atom stereocenters. The van der Waals surface area contributed by atoms with E-state index in [4.69, 9.17) is 5.14 Å². The average Bonchev–Trinajstić information content (AvgIpc) is 2.36. The lowest BCUT2D eigenvalue weighted by Gasteiger charge is -2.08. The first-order chi connectivity index (χ1) is 8.97. The van der Waals surface area contributed by atoms with Crippen molar-refractivity contribution in [1.82, 2.24) is 10.3 Å². The third kappa shape index (κ3) is 3.97. The van der Waals surface area contributed by atoms with Crippen LogP contribution in [0.4, 0.5) is 0 Å². The first kappa shape index (κ1) is 14.4. The number of hydrogen-bond donors (Lipinski definition) is 2. The lowest BCUT2D eigenvalue weighted by molar-refractivity contribution is 0.592. The molecule has 2 rings (SSSR count). The highest BCUT2D eigenvalue weighted by atomic mass is 79.9. The van der Waals surface area contributed by atoms with E-state index in [1.54, 1.807) is 6.20 Å². The Morgan fingerprint density at radius 1 is 1.32 bits per heavy atom. The monoisotopic (exact) mass is 343 g/mol. The fourth-order valence-corrected chi connectivity index (χ4v) is 2.66. The number of sulfonamides is 1. The number of pyridine rings is 1. The second-order valence-corrected chi connectivity index (χ2v) is 6.74. The molecule has 0 amide bonds. The molecule has 0 radical (unpaired) electrons. The van der Waals surface area contributed by atoms with E-state index in [0.29, 0.717) is 13.1 Å². The van der Waals surface area contributed by atoms with Crippen molar-refractivity contribution in [1.29, 1.82) is 0 Å². The molecule has 0 saturated carbocycles. The highest BCUT2D eigenvalue weighted by Crippen LogP contribution is 2.24. The van der Waals surface area contributed by atoms with Crippen molar-refractivity contribution in [3.8, 4) is 0 Å². The summed E-state index contributed by atoms with van der Waals surface area (Å²) in [7, 11) is -3.41.